The number of anilines is 2. The zero-order valence-corrected chi connectivity index (χ0v) is 19.0. The molecule has 6 nitrogen and oxygen atoms in total. The van der Waals surface area contributed by atoms with E-state index in [1.165, 1.54) is 5.56 Å². The van der Waals surface area contributed by atoms with Crippen molar-refractivity contribution in [3.05, 3.63) is 107 Å². The summed E-state index contributed by atoms with van der Waals surface area (Å²) >= 11 is 0. The molecule has 1 atom stereocenters. The number of amides is 1. The van der Waals surface area contributed by atoms with Crippen LogP contribution in [0.25, 0.3) is 0 Å². The number of carbonyl (C=O) groups is 1. The number of carbonyl (C=O) groups excluding carboxylic acids is 1. The lowest BCUT2D eigenvalue weighted by molar-refractivity contribution is 0.102. The summed E-state index contributed by atoms with van der Waals surface area (Å²) in [5.74, 6) is 1.14. The van der Waals surface area contributed by atoms with Crippen LogP contribution in [0.5, 0.6) is 5.75 Å². The molecule has 0 saturated carbocycles. The Kier molecular flexibility index (Phi) is 6.74. The molecule has 168 valence electrons. The zero-order valence-electron chi connectivity index (χ0n) is 19.0. The van der Waals surface area contributed by atoms with Crippen LogP contribution in [-0.4, -0.2) is 11.1 Å². The lowest BCUT2D eigenvalue weighted by Gasteiger charge is -2.16. The Bertz CT molecular complexity index is 1200. The van der Waals surface area contributed by atoms with Gasteiger partial charge in [-0.05, 0) is 68.8 Å². The van der Waals surface area contributed by atoms with Crippen LogP contribution in [-0.2, 0) is 6.61 Å². The molecule has 0 bridgehead atoms. The van der Waals surface area contributed by atoms with Gasteiger partial charge in [0.15, 0.2) is 0 Å². The third-order valence-corrected chi connectivity index (χ3v) is 5.49. The Morgan fingerprint density at radius 3 is 2.39 bits per heavy atom. The van der Waals surface area contributed by atoms with Crippen LogP contribution in [0.15, 0.2) is 83.4 Å². The second-order valence-electron chi connectivity index (χ2n) is 7.93. The van der Waals surface area contributed by atoms with E-state index in [1.807, 2.05) is 62.4 Å². The first-order valence-electron chi connectivity index (χ1n) is 10.9. The van der Waals surface area contributed by atoms with E-state index < -0.39 is 0 Å². The largest absolute Gasteiger partial charge is 0.489 e. The summed E-state index contributed by atoms with van der Waals surface area (Å²) in [6.45, 7) is 6.18. The topological polar surface area (TPSA) is 76.4 Å². The molecule has 0 aliphatic carbocycles. The maximum atomic E-state index is 12.7. The van der Waals surface area contributed by atoms with Gasteiger partial charge in [-0.3, -0.25) is 4.79 Å². The van der Waals surface area contributed by atoms with Crippen molar-refractivity contribution in [3.63, 3.8) is 0 Å². The van der Waals surface area contributed by atoms with Crippen molar-refractivity contribution in [1.82, 2.24) is 5.16 Å². The minimum atomic E-state index is -0.198. The number of ether oxygens (including phenoxy) is 1. The van der Waals surface area contributed by atoms with E-state index in [0.717, 1.165) is 28.4 Å². The van der Waals surface area contributed by atoms with Crippen LogP contribution in [0.2, 0.25) is 0 Å². The van der Waals surface area contributed by atoms with E-state index >= 15 is 0 Å². The minimum absolute atomic E-state index is 0.180. The summed E-state index contributed by atoms with van der Waals surface area (Å²) in [5, 5.41) is 10.3. The van der Waals surface area contributed by atoms with E-state index in [0.29, 0.717) is 17.9 Å². The normalized spacial score (nSPS) is 11.6. The molecule has 1 amide bonds. The number of aryl methyl sites for hydroxylation is 2. The first-order chi connectivity index (χ1) is 16.0. The van der Waals surface area contributed by atoms with Gasteiger partial charge in [0, 0.05) is 23.0 Å². The molecule has 0 fully saturated rings. The van der Waals surface area contributed by atoms with Gasteiger partial charge in [0.2, 0.25) is 0 Å². The van der Waals surface area contributed by atoms with Crippen LogP contribution >= 0.6 is 0 Å². The predicted molar refractivity (Wildman–Crippen MR) is 130 cm³/mol. The molecule has 0 saturated heterocycles. The fourth-order valence-electron chi connectivity index (χ4n) is 3.52. The molecular formula is C27H27N3O3. The number of benzene rings is 3. The Hall–Kier alpha value is -4.06. The van der Waals surface area contributed by atoms with E-state index in [1.54, 1.807) is 18.2 Å². The quantitative estimate of drug-likeness (QED) is 0.336. The number of nitrogens with zero attached hydrogens (tertiary/aromatic N) is 1. The average molecular weight is 442 g/mol. The van der Waals surface area contributed by atoms with Gasteiger partial charge in [-0.25, -0.2) is 0 Å². The van der Waals surface area contributed by atoms with Crippen molar-refractivity contribution < 1.29 is 14.1 Å². The SMILES string of the molecule is Cc1noc(C)c1COc1cccc(C(=O)Nc2ccc(NC(C)c3ccccc3)cc2)c1. The molecule has 1 unspecified atom stereocenters. The monoisotopic (exact) mass is 441 g/mol. The fraction of sp³-hybridized carbons (Fsp3) is 0.185. The molecule has 0 aliphatic heterocycles. The predicted octanol–water partition coefficient (Wildman–Crippen LogP) is 6.30. The number of nitrogens with one attached hydrogen (secondary N) is 2. The molecule has 1 aromatic heterocycles. The Morgan fingerprint density at radius 2 is 1.70 bits per heavy atom. The smallest absolute Gasteiger partial charge is 0.255 e. The molecule has 3 aromatic carbocycles. The van der Waals surface area contributed by atoms with Crippen LogP contribution < -0.4 is 15.4 Å². The van der Waals surface area contributed by atoms with Crippen LogP contribution in [0, 0.1) is 13.8 Å². The summed E-state index contributed by atoms with van der Waals surface area (Å²) < 4.78 is 11.0. The third kappa shape index (κ3) is 5.60. The van der Waals surface area contributed by atoms with Gasteiger partial charge in [0.25, 0.3) is 5.91 Å². The molecule has 4 aromatic rings. The highest BCUT2D eigenvalue weighted by Crippen LogP contribution is 2.22. The van der Waals surface area contributed by atoms with Gasteiger partial charge >= 0.3 is 0 Å². The van der Waals surface area contributed by atoms with Crippen molar-refractivity contribution in [2.24, 2.45) is 0 Å². The van der Waals surface area contributed by atoms with E-state index in [9.17, 15) is 4.79 Å². The second kappa shape index (κ2) is 10.0. The number of aromatic nitrogens is 1. The highest BCUT2D eigenvalue weighted by atomic mass is 16.5. The lowest BCUT2D eigenvalue weighted by atomic mass is 10.1. The average Bonchev–Trinajstić information content (AvgIpc) is 3.16. The van der Waals surface area contributed by atoms with Crippen molar-refractivity contribution in [2.45, 2.75) is 33.4 Å². The van der Waals surface area contributed by atoms with E-state index in [-0.39, 0.29) is 11.9 Å². The Morgan fingerprint density at radius 1 is 0.970 bits per heavy atom. The molecule has 4 rings (SSSR count). The van der Waals surface area contributed by atoms with Gasteiger partial charge in [-0.1, -0.05) is 41.6 Å². The number of hydrogen-bond donors (Lipinski definition) is 2. The van der Waals surface area contributed by atoms with Gasteiger partial charge in [-0.2, -0.15) is 0 Å². The van der Waals surface area contributed by atoms with Crippen LogP contribution in [0.1, 0.15) is 45.9 Å². The molecule has 2 N–H and O–H groups in total. The molecule has 33 heavy (non-hydrogen) atoms. The Labute approximate surface area is 193 Å². The third-order valence-electron chi connectivity index (χ3n) is 5.49. The summed E-state index contributed by atoms with van der Waals surface area (Å²) in [4.78, 5) is 12.7. The molecule has 6 heteroatoms. The van der Waals surface area contributed by atoms with Crippen LogP contribution in [0.4, 0.5) is 11.4 Å². The van der Waals surface area contributed by atoms with Crippen molar-refractivity contribution in [2.75, 3.05) is 10.6 Å². The fourth-order valence-corrected chi connectivity index (χ4v) is 3.52. The van der Waals surface area contributed by atoms with Crippen molar-refractivity contribution in [1.29, 1.82) is 0 Å². The molecule has 0 spiro atoms. The first kappa shape index (κ1) is 22.1. The number of hydrogen-bond acceptors (Lipinski definition) is 5. The molecule has 1 heterocycles. The Balaban J connectivity index is 1.35. The van der Waals surface area contributed by atoms with Crippen molar-refractivity contribution in [3.8, 4) is 5.75 Å². The van der Waals surface area contributed by atoms with Gasteiger partial charge < -0.3 is 19.9 Å². The highest BCUT2D eigenvalue weighted by Gasteiger charge is 2.12. The minimum Gasteiger partial charge on any atom is -0.489 e. The van der Waals surface area contributed by atoms with Crippen molar-refractivity contribution >= 4 is 17.3 Å². The van der Waals surface area contributed by atoms with Gasteiger partial charge in [-0.15, -0.1) is 0 Å². The second-order valence-corrected chi connectivity index (χ2v) is 7.93. The number of rotatable bonds is 8. The summed E-state index contributed by atoms with van der Waals surface area (Å²) in [5.41, 5.74) is 5.16. The maximum Gasteiger partial charge on any atom is 0.255 e. The summed E-state index contributed by atoms with van der Waals surface area (Å²) in [6, 6.07) is 25.2. The van der Waals surface area contributed by atoms with Gasteiger partial charge in [0.05, 0.1) is 11.3 Å². The zero-order chi connectivity index (χ0) is 23.2. The standard InChI is InChI=1S/C27H27N3O3/c1-18(21-8-5-4-6-9-21)28-23-12-14-24(15-13-23)29-27(31)22-10-7-11-25(16-22)32-17-26-19(2)30-33-20(26)3/h4-16,18,28H,17H2,1-3H3,(H,29,31). The molecule has 0 aliphatic rings. The van der Waals surface area contributed by atoms with E-state index in [4.69, 9.17) is 9.26 Å². The van der Waals surface area contributed by atoms with Gasteiger partial charge in [0.1, 0.15) is 18.1 Å². The summed E-state index contributed by atoms with van der Waals surface area (Å²) in [6.07, 6.45) is 0. The maximum absolute atomic E-state index is 12.7. The lowest BCUT2D eigenvalue weighted by Crippen LogP contribution is -2.12. The first-order valence-corrected chi connectivity index (χ1v) is 10.9. The molecule has 0 radical (unpaired) electrons. The summed E-state index contributed by atoms with van der Waals surface area (Å²) in [7, 11) is 0. The van der Waals surface area contributed by atoms with Crippen LogP contribution in [0.3, 0.4) is 0 Å². The molecular weight excluding hydrogens is 414 g/mol. The highest BCUT2D eigenvalue weighted by molar-refractivity contribution is 6.04. The van der Waals surface area contributed by atoms with E-state index in [2.05, 4.69) is 34.8 Å².